The fraction of sp³-hybridized carbons (Fsp3) is 0.269. The van der Waals surface area contributed by atoms with Crippen molar-refractivity contribution in [1.82, 2.24) is 10.2 Å². The third-order valence-electron chi connectivity index (χ3n) is 5.84. The minimum atomic E-state index is -0.156. The number of carbonyl (C=O) groups excluding carboxylic acids is 1. The highest BCUT2D eigenvalue weighted by Gasteiger charge is 2.28. The number of rotatable bonds is 6. The molecule has 3 aromatic carbocycles. The molecule has 160 valence electrons. The van der Waals surface area contributed by atoms with Crippen LogP contribution in [0.2, 0.25) is 10.0 Å². The maximum atomic E-state index is 13.3. The van der Waals surface area contributed by atoms with Gasteiger partial charge in [-0.1, -0.05) is 89.9 Å². The summed E-state index contributed by atoms with van der Waals surface area (Å²) in [6.45, 7) is 2.41. The highest BCUT2D eigenvalue weighted by Crippen LogP contribution is 2.27. The van der Waals surface area contributed by atoms with E-state index in [9.17, 15) is 4.79 Å². The van der Waals surface area contributed by atoms with Crippen molar-refractivity contribution in [3.8, 4) is 0 Å². The Labute approximate surface area is 194 Å². The molecule has 0 spiro atoms. The molecular weight excluding hydrogens is 427 g/mol. The smallest absolute Gasteiger partial charge is 0.225 e. The van der Waals surface area contributed by atoms with Crippen LogP contribution >= 0.6 is 23.2 Å². The Morgan fingerprint density at radius 1 is 0.968 bits per heavy atom. The molecule has 1 heterocycles. The summed E-state index contributed by atoms with van der Waals surface area (Å²) in [7, 11) is 0. The first kappa shape index (κ1) is 21.9. The summed E-state index contributed by atoms with van der Waals surface area (Å²) in [5.74, 6) is 0.0550. The summed E-state index contributed by atoms with van der Waals surface area (Å²) >= 11 is 12.4. The standard InChI is InChI=1S/C26H26Cl2N2O/c27-23-14-13-21(24(28)16-23)17-30-15-7-12-22(18-30)26(31)29-25(19-8-3-1-4-9-19)20-10-5-2-6-11-20/h1-6,8-11,13-14,16,22,25H,7,12,15,17-18H2,(H,29,31)/t22-/m1/s1. The summed E-state index contributed by atoms with van der Waals surface area (Å²) in [6.07, 6.45) is 1.89. The molecule has 1 aliphatic rings. The zero-order valence-electron chi connectivity index (χ0n) is 17.3. The van der Waals surface area contributed by atoms with Crippen LogP contribution < -0.4 is 5.32 Å². The van der Waals surface area contributed by atoms with Gasteiger partial charge in [0.25, 0.3) is 0 Å². The highest BCUT2D eigenvalue weighted by atomic mass is 35.5. The number of hydrogen-bond acceptors (Lipinski definition) is 2. The van der Waals surface area contributed by atoms with Gasteiger partial charge >= 0.3 is 0 Å². The van der Waals surface area contributed by atoms with Gasteiger partial charge in [-0.2, -0.15) is 0 Å². The first-order valence-electron chi connectivity index (χ1n) is 10.7. The molecule has 0 saturated carbocycles. The van der Waals surface area contributed by atoms with Gasteiger partial charge in [0.15, 0.2) is 0 Å². The molecule has 3 nitrogen and oxygen atoms in total. The number of halogens is 2. The first-order valence-corrected chi connectivity index (χ1v) is 11.4. The average Bonchev–Trinajstić information content (AvgIpc) is 2.80. The normalized spacial score (nSPS) is 16.9. The quantitative estimate of drug-likeness (QED) is 0.488. The third kappa shape index (κ3) is 5.68. The third-order valence-corrected chi connectivity index (χ3v) is 6.42. The molecule has 4 rings (SSSR count). The fourth-order valence-corrected chi connectivity index (χ4v) is 4.68. The summed E-state index contributed by atoms with van der Waals surface area (Å²) in [5.41, 5.74) is 3.21. The summed E-state index contributed by atoms with van der Waals surface area (Å²) in [4.78, 5) is 15.6. The largest absolute Gasteiger partial charge is 0.345 e. The zero-order valence-corrected chi connectivity index (χ0v) is 18.8. The van der Waals surface area contributed by atoms with E-state index in [-0.39, 0.29) is 17.9 Å². The van der Waals surface area contributed by atoms with Crippen molar-refractivity contribution in [1.29, 1.82) is 0 Å². The Morgan fingerprint density at radius 2 is 1.61 bits per heavy atom. The Balaban J connectivity index is 1.46. The van der Waals surface area contributed by atoms with E-state index >= 15 is 0 Å². The van der Waals surface area contributed by atoms with Crippen LogP contribution in [0.1, 0.15) is 35.6 Å². The second-order valence-electron chi connectivity index (χ2n) is 8.07. The van der Waals surface area contributed by atoms with Crippen molar-refractivity contribution < 1.29 is 4.79 Å². The highest BCUT2D eigenvalue weighted by molar-refractivity contribution is 6.35. The van der Waals surface area contributed by atoms with Gasteiger partial charge in [0, 0.05) is 23.1 Å². The van der Waals surface area contributed by atoms with Gasteiger partial charge in [0.2, 0.25) is 5.91 Å². The lowest BCUT2D eigenvalue weighted by molar-refractivity contribution is -0.127. The first-order chi connectivity index (χ1) is 15.1. The van der Waals surface area contributed by atoms with E-state index in [0.717, 1.165) is 49.2 Å². The lowest BCUT2D eigenvalue weighted by Crippen LogP contribution is -2.43. The van der Waals surface area contributed by atoms with E-state index in [1.54, 1.807) is 6.07 Å². The molecule has 1 atom stereocenters. The molecule has 1 fully saturated rings. The van der Waals surface area contributed by atoms with E-state index < -0.39 is 0 Å². The fourth-order valence-electron chi connectivity index (χ4n) is 4.21. The van der Waals surface area contributed by atoms with Crippen LogP contribution in [0, 0.1) is 5.92 Å². The minimum absolute atomic E-state index is 0.0465. The maximum absolute atomic E-state index is 13.3. The number of hydrogen-bond donors (Lipinski definition) is 1. The number of nitrogens with zero attached hydrogens (tertiary/aromatic N) is 1. The average molecular weight is 453 g/mol. The van der Waals surface area contributed by atoms with Gasteiger partial charge in [-0.25, -0.2) is 0 Å². The Bertz CT molecular complexity index is 971. The van der Waals surface area contributed by atoms with E-state index in [4.69, 9.17) is 23.2 Å². The lowest BCUT2D eigenvalue weighted by Gasteiger charge is -2.33. The molecule has 31 heavy (non-hydrogen) atoms. The van der Waals surface area contributed by atoms with Crippen LogP contribution in [-0.4, -0.2) is 23.9 Å². The van der Waals surface area contributed by atoms with Gasteiger partial charge in [0.05, 0.1) is 12.0 Å². The molecular formula is C26H26Cl2N2O. The number of benzene rings is 3. The lowest BCUT2D eigenvalue weighted by atomic mass is 9.94. The number of amides is 1. The van der Waals surface area contributed by atoms with Crippen molar-refractivity contribution in [2.24, 2.45) is 5.92 Å². The summed E-state index contributed by atoms with van der Waals surface area (Å²) in [5, 5.41) is 4.62. The summed E-state index contributed by atoms with van der Waals surface area (Å²) < 4.78 is 0. The molecule has 5 heteroatoms. The topological polar surface area (TPSA) is 32.3 Å². The van der Waals surface area contributed by atoms with E-state index in [2.05, 4.69) is 34.5 Å². The molecule has 0 radical (unpaired) electrons. The predicted octanol–water partition coefficient (Wildman–Crippen LogP) is 6.11. The number of piperidine rings is 1. The molecule has 0 aromatic heterocycles. The molecule has 1 amide bonds. The number of likely N-dealkylation sites (tertiary alicyclic amines) is 1. The molecule has 0 unspecified atom stereocenters. The molecule has 1 N–H and O–H groups in total. The van der Waals surface area contributed by atoms with Crippen LogP contribution in [0.3, 0.4) is 0 Å². The van der Waals surface area contributed by atoms with Crippen molar-refractivity contribution in [2.75, 3.05) is 13.1 Å². The molecule has 0 aliphatic carbocycles. The van der Waals surface area contributed by atoms with Gasteiger partial charge in [-0.3, -0.25) is 9.69 Å². The second-order valence-corrected chi connectivity index (χ2v) is 8.92. The molecule has 1 saturated heterocycles. The van der Waals surface area contributed by atoms with Crippen LogP contribution in [-0.2, 0) is 11.3 Å². The second kappa shape index (κ2) is 10.3. The summed E-state index contributed by atoms with van der Waals surface area (Å²) in [6, 6.07) is 25.7. The molecule has 0 bridgehead atoms. The minimum Gasteiger partial charge on any atom is -0.345 e. The van der Waals surface area contributed by atoms with Crippen LogP contribution in [0.5, 0.6) is 0 Å². The van der Waals surface area contributed by atoms with E-state index in [1.807, 2.05) is 48.5 Å². The molecule has 3 aromatic rings. The SMILES string of the molecule is O=C(NC(c1ccccc1)c1ccccc1)[C@@H]1CCCN(Cc2ccc(Cl)cc2Cl)C1. The monoisotopic (exact) mass is 452 g/mol. The van der Waals surface area contributed by atoms with Gasteiger partial charge < -0.3 is 5.32 Å². The van der Waals surface area contributed by atoms with Crippen molar-refractivity contribution >= 4 is 29.1 Å². The predicted molar refractivity (Wildman–Crippen MR) is 127 cm³/mol. The van der Waals surface area contributed by atoms with Crippen molar-refractivity contribution in [2.45, 2.75) is 25.4 Å². The van der Waals surface area contributed by atoms with Crippen LogP contribution in [0.4, 0.5) is 0 Å². The van der Waals surface area contributed by atoms with Crippen LogP contribution in [0.25, 0.3) is 0 Å². The van der Waals surface area contributed by atoms with Crippen LogP contribution in [0.15, 0.2) is 78.9 Å². The van der Waals surface area contributed by atoms with E-state index in [0.29, 0.717) is 10.0 Å². The number of carbonyl (C=O) groups is 1. The van der Waals surface area contributed by atoms with Crippen molar-refractivity contribution in [3.63, 3.8) is 0 Å². The number of nitrogens with one attached hydrogen (secondary N) is 1. The zero-order chi connectivity index (χ0) is 21.6. The van der Waals surface area contributed by atoms with Gasteiger partial charge in [-0.15, -0.1) is 0 Å². The maximum Gasteiger partial charge on any atom is 0.225 e. The van der Waals surface area contributed by atoms with Gasteiger partial charge in [0.1, 0.15) is 0 Å². The Morgan fingerprint density at radius 3 is 2.23 bits per heavy atom. The van der Waals surface area contributed by atoms with Crippen molar-refractivity contribution in [3.05, 3.63) is 106 Å². The Hall–Kier alpha value is -2.33. The molecule has 1 aliphatic heterocycles. The van der Waals surface area contributed by atoms with E-state index in [1.165, 1.54) is 0 Å². The Kier molecular flexibility index (Phi) is 7.29. The van der Waals surface area contributed by atoms with Gasteiger partial charge in [-0.05, 0) is 48.2 Å².